The van der Waals surface area contributed by atoms with Crippen LogP contribution in [0.2, 0.25) is 29.6 Å². The number of halogens is 9. The van der Waals surface area contributed by atoms with Crippen LogP contribution in [-0.4, -0.2) is 43.5 Å². The zero-order chi connectivity index (χ0) is 28.4. The molecule has 3 aromatic rings. The van der Waals surface area contributed by atoms with Gasteiger partial charge in [0.1, 0.15) is 0 Å². The van der Waals surface area contributed by atoms with Gasteiger partial charge in [-0.1, -0.05) is 0 Å². The summed E-state index contributed by atoms with van der Waals surface area (Å²) in [5.74, 6) is 0. The van der Waals surface area contributed by atoms with Gasteiger partial charge in [0.05, 0.1) is 0 Å². The van der Waals surface area contributed by atoms with Crippen molar-refractivity contribution in [1.82, 2.24) is 0 Å². The number of rotatable bonds is 5. The van der Waals surface area contributed by atoms with E-state index in [9.17, 15) is 39.5 Å². The second-order valence-electron chi connectivity index (χ2n) is 10.8. The van der Waals surface area contributed by atoms with Crippen LogP contribution in [0.1, 0.15) is 16.7 Å². The number of benzene rings is 1. The first-order chi connectivity index (χ1) is 16.5. The van der Waals surface area contributed by atoms with Gasteiger partial charge in [0.15, 0.2) is 0 Å². The molecule has 1 aromatic carbocycles. The molecule has 0 saturated heterocycles. The molecule has 0 fully saturated rings. The Bertz CT molecular complexity index is 1190. The Morgan fingerprint density at radius 3 is 1.16 bits per heavy atom. The molecule has 0 atom stereocenters. The fraction of sp³-hybridized carbons (Fsp3) is 0.391. The van der Waals surface area contributed by atoms with E-state index in [-0.39, 0.29) is 21.7 Å². The maximum absolute atomic E-state index is 14.3. The van der Waals surface area contributed by atoms with Crippen LogP contribution in [0, 0.1) is 0 Å². The van der Waals surface area contributed by atoms with Crippen LogP contribution in [-0.2, 0) is 18.5 Å². The van der Waals surface area contributed by atoms with Crippen molar-refractivity contribution in [2.45, 2.75) is 48.2 Å². The molecule has 0 aliphatic heterocycles. The van der Waals surface area contributed by atoms with Crippen LogP contribution >= 0.6 is 22.7 Å². The van der Waals surface area contributed by atoms with Gasteiger partial charge in [0.25, 0.3) is 0 Å². The Balaban J connectivity index is 2.49. The molecule has 202 valence electrons. The molecular formula is C23H24BF9S2Sn2. The van der Waals surface area contributed by atoms with E-state index in [1.54, 1.807) is 12.1 Å². The quantitative estimate of drug-likeness (QED) is 0.206. The molecule has 3 rings (SSSR count). The van der Waals surface area contributed by atoms with E-state index in [1.165, 1.54) is 12.1 Å². The average Bonchev–Trinajstić information content (AvgIpc) is 3.35. The van der Waals surface area contributed by atoms with Crippen molar-refractivity contribution < 1.29 is 39.5 Å². The molecular weight excluding hydrogens is 760 g/mol. The zero-order valence-electron chi connectivity index (χ0n) is 20.8. The van der Waals surface area contributed by atoms with Gasteiger partial charge >= 0.3 is 228 Å². The second-order valence-corrected chi connectivity index (χ2v) is 43.9. The van der Waals surface area contributed by atoms with Crippen molar-refractivity contribution in [2.24, 2.45) is 0 Å². The number of hydrogen-bond acceptors (Lipinski definition) is 2. The topological polar surface area (TPSA) is 0 Å². The third-order valence-corrected chi connectivity index (χ3v) is 27.0. The first kappa shape index (κ1) is 31.2. The van der Waals surface area contributed by atoms with Gasteiger partial charge in [-0.2, -0.15) is 0 Å². The minimum atomic E-state index is -5.44. The Morgan fingerprint density at radius 1 is 0.568 bits per heavy atom. The number of alkyl halides is 9. The maximum atomic E-state index is 14.3. The summed E-state index contributed by atoms with van der Waals surface area (Å²) in [7, 11) is 0. The summed E-state index contributed by atoms with van der Waals surface area (Å²) in [5, 5.41) is 0. The number of thiophene rings is 2. The van der Waals surface area contributed by atoms with Crippen molar-refractivity contribution in [1.29, 1.82) is 0 Å². The molecule has 0 unspecified atom stereocenters. The Labute approximate surface area is 226 Å². The molecule has 0 aliphatic carbocycles. The molecule has 0 bridgehead atoms. The van der Waals surface area contributed by atoms with Crippen LogP contribution in [0.3, 0.4) is 0 Å². The summed E-state index contributed by atoms with van der Waals surface area (Å²) >= 11 is -3.22. The van der Waals surface area contributed by atoms with Crippen molar-refractivity contribution in [3.63, 3.8) is 0 Å². The van der Waals surface area contributed by atoms with Crippen molar-refractivity contribution in [3.05, 3.63) is 53.1 Å². The van der Waals surface area contributed by atoms with Crippen LogP contribution in [0.15, 0.2) is 36.4 Å². The van der Waals surface area contributed by atoms with Gasteiger partial charge < -0.3 is 0 Å². The molecule has 0 aliphatic rings. The van der Waals surface area contributed by atoms with Gasteiger partial charge in [-0.25, -0.2) is 0 Å². The normalized spacial score (nSPS) is 13.8. The summed E-state index contributed by atoms with van der Waals surface area (Å²) in [5.41, 5.74) is -6.99. The predicted molar refractivity (Wildman–Crippen MR) is 141 cm³/mol. The molecule has 2 heterocycles. The van der Waals surface area contributed by atoms with E-state index in [4.69, 9.17) is 0 Å². The fourth-order valence-electron chi connectivity index (χ4n) is 3.84. The van der Waals surface area contributed by atoms with Gasteiger partial charge in [-0.3, -0.25) is 0 Å². The summed E-state index contributed by atoms with van der Waals surface area (Å²) in [4.78, 5) is 12.4. The fourth-order valence-corrected chi connectivity index (χ4v) is 16.9. The van der Waals surface area contributed by atoms with Crippen LogP contribution in [0.4, 0.5) is 39.5 Å². The third kappa shape index (κ3) is 7.05. The Morgan fingerprint density at radius 2 is 0.919 bits per heavy atom. The van der Waals surface area contributed by atoms with Gasteiger partial charge in [0.2, 0.25) is 0 Å². The predicted octanol–water partition coefficient (Wildman–Crippen LogP) is 6.47. The first-order valence-corrected chi connectivity index (χ1v) is 32.7. The standard InChI is InChI=1S/C17H6BF9S2.6CH3.2Sn/c19-15(20,21)9-7-10(16(22,23)24)14(11(8-9)17(25,26)27)18(12-3-1-5-28-12)13-4-2-6-29-13;;;;;;;;/h1-4,7-8H;6*1H3;;. The van der Waals surface area contributed by atoms with E-state index < -0.39 is 84.1 Å². The van der Waals surface area contributed by atoms with Crippen molar-refractivity contribution in [2.75, 3.05) is 0 Å². The monoisotopic (exact) mass is 786 g/mol. The first-order valence-electron chi connectivity index (χ1n) is 11.1. The van der Waals surface area contributed by atoms with Gasteiger partial charge in [-0.15, -0.1) is 0 Å². The summed E-state index contributed by atoms with van der Waals surface area (Å²) in [6.07, 6.45) is -16.3. The second kappa shape index (κ2) is 10.2. The zero-order valence-corrected chi connectivity index (χ0v) is 28.1. The number of hydrogen-bond donors (Lipinski definition) is 0. The summed E-state index contributed by atoms with van der Waals surface area (Å²) in [6, 6.07) is 6.17. The molecule has 0 radical (unpaired) electrons. The minimum absolute atomic E-state index is 0.188. The van der Waals surface area contributed by atoms with E-state index in [0.29, 0.717) is 0 Å². The molecule has 0 amide bonds. The van der Waals surface area contributed by atoms with Crippen molar-refractivity contribution in [3.8, 4) is 0 Å². The van der Waals surface area contributed by atoms with E-state index >= 15 is 0 Å². The third-order valence-electron chi connectivity index (χ3n) is 5.71. The molecule has 2 aromatic heterocycles. The molecule has 0 spiro atoms. The van der Waals surface area contributed by atoms with Crippen LogP contribution in [0.25, 0.3) is 0 Å². The van der Waals surface area contributed by atoms with Crippen LogP contribution < -0.4 is 20.8 Å². The summed E-state index contributed by atoms with van der Waals surface area (Å²) < 4.78 is 128. The van der Waals surface area contributed by atoms with Gasteiger partial charge in [0, 0.05) is 0 Å². The SMILES string of the molecule is [CH3][Sn]([CH3])([CH3])[c]1ccc(B(c2cc[c]([Sn]([CH3])([CH3])[CH3])s2)c2c(C(F)(F)F)cc(C(F)(F)F)cc2C(F)(F)F)s1. The van der Waals surface area contributed by atoms with Crippen LogP contribution in [0.5, 0.6) is 0 Å². The molecule has 0 N–H and O–H groups in total. The molecule has 37 heavy (non-hydrogen) atoms. The van der Waals surface area contributed by atoms with Crippen molar-refractivity contribution >= 4 is 86.9 Å². The molecule has 0 nitrogen and oxygen atoms in total. The Kier molecular flexibility index (Phi) is 8.63. The average molecular weight is 784 g/mol. The van der Waals surface area contributed by atoms with E-state index in [0.717, 1.165) is 28.5 Å². The molecule has 0 saturated carbocycles. The van der Waals surface area contributed by atoms with E-state index in [1.807, 2.05) is 0 Å². The van der Waals surface area contributed by atoms with E-state index in [2.05, 4.69) is 29.6 Å². The molecule has 14 heteroatoms. The summed E-state index contributed by atoms with van der Waals surface area (Å²) in [6.45, 7) is -1.50. The van der Waals surface area contributed by atoms with Gasteiger partial charge in [-0.05, 0) is 0 Å². The Hall–Kier alpha value is -0.348.